The van der Waals surface area contributed by atoms with Gasteiger partial charge in [0.25, 0.3) is 0 Å². The number of nitrogens with one attached hydrogen (secondary N) is 2. The summed E-state index contributed by atoms with van der Waals surface area (Å²) in [6.45, 7) is 2.14. The lowest BCUT2D eigenvalue weighted by Crippen LogP contribution is -2.28. The molecule has 1 atom stereocenters. The van der Waals surface area contributed by atoms with Crippen LogP contribution in [0, 0.1) is 0 Å². The van der Waals surface area contributed by atoms with Gasteiger partial charge in [-0.25, -0.2) is 4.98 Å². The maximum absolute atomic E-state index is 11.5. The van der Waals surface area contributed by atoms with Crippen LogP contribution in [0.4, 0.5) is 0 Å². The Kier molecular flexibility index (Phi) is 5.56. The van der Waals surface area contributed by atoms with Crippen molar-refractivity contribution in [1.29, 1.82) is 0 Å². The van der Waals surface area contributed by atoms with Gasteiger partial charge in [0.05, 0.1) is 6.04 Å². The normalized spacial score (nSPS) is 12.4. The number of H-pyrrole nitrogens is 1. The summed E-state index contributed by atoms with van der Waals surface area (Å²) in [6.07, 6.45) is 6.07. The lowest BCUT2D eigenvalue weighted by molar-refractivity contribution is -0.122. The van der Waals surface area contributed by atoms with Gasteiger partial charge >= 0.3 is 0 Å². The SMILES string of the molecule is CCC(NC(=O)CCCCO)c1ncc[nH]1. The summed E-state index contributed by atoms with van der Waals surface area (Å²) in [7, 11) is 0. The van der Waals surface area contributed by atoms with Crippen LogP contribution >= 0.6 is 0 Å². The van der Waals surface area contributed by atoms with Crippen LogP contribution < -0.4 is 5.32 Å². The van der Waals surface area contributed by atoms with Crippen LogP contribution in [0.3, 0.4) is 0 Å². The van der Waals surface area contributed by atoms with Gasteiger partial charge in [-0.05, 0) is 19.3 Å². The van der Waals surface area contributed by atoms with Crippen molar-refractivity contribution in [3.8, 4) is 0 Å². The van der Waals surface area contributed by atoms with Gasteiger partial charge in [0.1, 0.15) is 5.82 Å². The zero-order valence-electron chi connectivity index (χ0n) is 9.57. The van der Waals surface area contributed by atoms with Gasteiger partial charge in [-0.2, -0.15) is 0 Å². The van der Waals surface area contributed by atoms with Crippen molar-refractivity contribution in [2.45, 2.75) is 38.6 Å². The summed E-state index contributed by atoms with van der Waals surface area (Å²) in [5.74, 6) is 0.801. The average molecular weight is 225 g/mol. The molecule has 0 saturated carbocycles. The highest BCUT2D eigenvalue weighted by atomic mass is 16.2. The molecule has 0 saturated heterocycles. The van der Waals surface area contributed by atoms with E-state index in [4.69, 9.17) is 5.11 Å². The minimum absolute atomic E-state index is 0.0108. The Morgan fingerprint density at radius 1 is 1.62 bits per heavy atom. The van der Waals surface area contributed by atoms with Crippen LogP contribution in [0.1, 0.15) is 44.5 Å². The fourth-order valence-electron chi connectivity index (χ4n) is 1.50. The monoisotopic (exact) mass is 225 g/mol. The second-order valence-electron chi connectivity index (χ2n) is 3.68. The molecule has 0 bridgehead atoms. The van der Waals surface area contributed by atoms with Gasteiger partial charge in [-0.15, -0.1) is 0 Å². The van der Waals surface area contributed by atoms with E-state index in [-0.39, 0.29) is 18.6 Å². The van der Waals surface area contributed by atoms with Crippen molar-refractivity contribution in [3.05, 3.63) is 18.2 Å². The molecule has 1 aromatic heterocycles. The minimum Gasteiger partial charge on any atom is -0.396 e. The second kappa shape index (κ2) is 7.00. The maximum Gasteiger partial charge on any atom is 0.220 e. The van der Waals surface area contributed by atoms with Crippen LogP contribution in [0.15, 0.2) is 12.4 Å². The predicted molar refractivity (Wildman–Crippen MR) is 60.7 cm³/mol. The molecule has 3 N–H and O–H groups in total. The first kappa shape index (κ1) is 12.7. The Bertz CT molecular complexity index is 298. The van der Waals surface area contributed by atoms with Crippen LogP contribution in [-0.2, 0) is 4.79 Å². The standard InChI is InChI=1S/C11H19N3O2/c1-2-9(11-12-6-7-13-11)14-10(16)5-3-4-8-15/h6-7,9,15H,2-5,8H2,1H3,(H,12,13)(H,14,16). The summed E-state index contributed by atoms with van der Waals surface area (Å²) in [4.78, 5) is 18.7. The molecule has 1 unspecified atom stereocenters. The number of aliphatic hydroxyl groups excluding tert-OH is 1. The number of aromatic nitrogens is 2. The molecule has 16 heavy (non-hydrogen) atoms. The third-order valence-electron chi connectivity index (χ3n) is 2.40. The van der Waals surface area contributed by atoms with Crippen molar-refractivity contribution < 1.29 is 9.90 Å². The molecular formula is C11H19N3O2. The van der Waals surface area contributed by atoms with Crippen LogP contribution in [0.5, 0.6) is 0 Å². The van der Waals surface area contributed by atoms with Crippen molar-refractivity contribution in [2.75, 3.05) is 6.61 Å². The molecule has 0 aromatic carbocycles. The zero-order chi connectivity index (χ0) is 11.8. The molecular weight excluding hydrogens is 206 g/mol. The second-order valence-corrected chi connectivity index (χ2v) is 3.68. The summed E-state index contributed by atoms with van der Waals surface area (Å²) in [5, 5.41) is 11.5. The Morgan fingerprint density at radius 3 is 3.00 bits per heavy atom. The highest BCUT2D eigenvalue weighted by molar-refractivity contribution is 5.76. The number of amides is 1. The molecule has 5 heteroatoms. The Labute approximate surface area is 95.3 Å². The molecule has 1 rings (SSSR count). The van der Waals surface area contributed by atoms with Gasteiger partial charge in [0.2, 0.25) is 5.91 Å². The van der Waals surface area contributed by atoms with Crippen molar-refractivity contribution in [3.63, 3.8) is 0 Å². The molecule has 1 amide bonds. The topological polar surface area (TPSA) is 78.0 Å². The number of aromatic amines is 1. The summed E-state index contributed by atoms with van der Waals surface area (Å²) >= 11 is 0. The van der Waals surface area contributed by atoms with Crippen LogP contribution in [-0.4, -0.2) is 27.6 Å². The number of carbonyl (C=O) groups is 1. The Hall–Kier alpha value is -1.36. The van der Waals surface area contributed by atoms with Crippen molar-refractivity contribution in [1.82, 2.24) is 15.3 Å². The van der Waals surface area contributed by atoms with E-state index in [0.717, 1.165) is 18.7 Å². The van der Waals surface area contributed by atoms with E-state index in [2.05, 4.69) is 15.3 Å². The van der Waals surface area contributed by atoms with E-state index in [1.807, 2.05) is 6.92 Å². The molecule has 0 fully saturated rings. The van der Waals surface area contributed by atoms with E-state index in [0.29, 0.717) is 12.8 Å². The summed E-state index contributed by atoms with van der Waals surface area (Å²) in [6, 6.07) is -0.0448. The minimum atomic E-state index is -0.0448. The van der Waals surface area contributed by atoms with Gasteiger partial charge < -0.3 is 15.4 Å². The fraction of sp³-hybridized carbons (Fsp3) is 0.636. The average Bonchev–Trinajstić information content (AvgIpc) is 2.79. The predicted octanol–water partition coefficient (Wildman–Crippen LogP) is 1.14. The highest BCUT2D eigenvalue weighted by Crippen LogP contribution is 2.11. The smallest absolute Gasteiger partial charge is 0.220 e. The highest BCUT2D eigenvalue weighted by Gasteiger charge is 2.13. The zero-order valence-corrected chi connectivity index (χ0v) is 9.57. The third kappa shape index (κ3) is 4.02. The molecule has 0 aliphatic rings. The van der Waals surface area contributed by atoms with Crippen molar-refractivity contribution >= 4 is 5.91 Å². The Morgan fingerprint density at radius 2 is 2.44 bits per heavy atom. The van der Waals surface area contributed by atoms with E-state index >= 15 is 0 Å². The molecule has 1 aromatic rings. The largest absolute Gasteiger partial charge is 0.396 e. The van der Waals surface area contributed by atoms with E-state index < -0.39 is 0 Å². The van der Waals surface area contributed by atoms with Gasteiger partial charge in [0, 0.05) is 25.4 Å². The molecule has 0 spiro atoms. The first-order valence-corrected chi connectivity index (χ1v) is 5.67. The maximum atomic E-state index is 11.5. The molecule has 0 aliphatic carbocycles. The number of unbranched alkanes of at least 4 members (excludes halogenated alkanes) is 1. The van der Waals surface area contributed by atoms with Crippen molar-refractivity contribution in [2.24, 2.45) is 0 Å². The number of hydrogen-bond donors (Lipinski definition) is 3. The van der Waals surface area contributed by atoms with Crippen LogP contribution in [0.2, 0.25) is 0 Å². The quantitative estimate of drug-likeness (QED) is 0.609. The van der Waals surface area contributed by atoms with E-state index in [1.165, 1.54) is 0 Å². The number of rotatable bonds is 7. The number of nitrogens with zero attached hydrogens (tertiary/aromatic N) is 1. The van der Waals surface area contributed by atoms with Crippen LogP contribution in [0.25, 0.3) is 0 Å². The third-order valence-corrected chi connectivity index (χ3v) is 2.40. The number of hydrogen-bond acceptors (Lipinski definition) is 3. The number of carbonyl (C=O) groups excluding carboxylic acids is 1. The number of aliphatic hydroxyl groups is 1. The lowest BCUT2D eigenvalue weighted by atomic mass is 10.2. The molecule has 90 valence electrons. The van der Waals surface area contributed by atoms with Gasteiger partial charge in [-0.3, -0.25) is 4.79 Å². The summed E-state index contributed by atoms with van der Waals surface area (Å²) in [5.41, 5.74) is 0. The molecule has 5 nitrogen and oxygen atoms in total. The van der Waals surface area contributed by atoms with E-state index in [9.17, 15) is 4.79 Å². The van der Waals surface area contributed by atoms with E-state index in [1.54, 1.807) is 12.4 Å². The number of imidazole rings is 1. The molecule has 0 aliphatic heterocycles. The molecule has 0 radical (unpaired) electrons. The molecule has 1 heterocycles. The fourth-order valence-corrected chi connectivity index (χ4v) is 1.50. The van der Waals surface area contributed by atoms with Gasteiger partial charge in [0.15, 0.2) is 0 Å². The lowest BCUT2D eigenvalue weighted by Gasteiger charge is -2.14. The Balaban J connectivity index is 2.36. The van der Waals surface area contributed by atoms with Gasteiger partial charge in [-0.1, -0.05) is 6.92 Å². The first-order chi connectivity index (χ1) is 7.77. The summed E-state index contributed by atoms with van der Waals surface area (Å²) < 4.78 is 0. The first-order valence-electron chi connectivity index (χ1n) is 5.67.